The number of nitrogens with one attached hydrogen (secondary N) is 1. The molecule has 0 spiro atoms. The van der Waals surface area contributed by atoms with Crippen LogP contribution in [0.15, 0.2) is 16.8 Å². The van der Waals surface area contributed by atoms with Crippen LogP contribution in [0.3, 0.4) is 0 Å². The maximum Gasteiger partial charge on any atom is 0.318 e. The number of carboxylic acid groups (broad SMARTS) is 1. The number of hydrogen-bond donors (Lipinski definition) is 2. The lowest BCUT2D eigenvalue weighted by atomic mass is 10.3. The minimum atomic E-state index is -0.927. The van der Waals surface area contributed by atoms with Crippen molar-refractivity contribution in [1.29, 1.82) is 0 Å². The van der Waals surface area contributed by atoms with Crippen LogP contribution in [0.1, 0.15) is 26.0 Å². The van der Waals surface area contributed by atoms with E-state index < -0.39 is 5.97 Å². The summed E-state index contributed by atoms with van der Waals surface area (Å²) >= 11 is 0. The van der Waals surface area contributed by atoms with Crippen molar-refractivity contribution in [3.63, 3.8) is 0 Å². The van der Waals surface area contributed by atoms with E-state index in [1.165, 1.54) is 11.1 Å². The maximum absolute atomic E-state index is 11.9. The molecule has 2 amide bonds. The second-order valence-electron chi connectivity index (χ2n) is 4.07. The van der Waals surface area contributed by atoms with Crippen LogP contribution in [0, 0.1) is 0 Å². The quantitative estimate of drug-likeness (QED) is 0.792. The smallest absolute Gasteiger partial charge is 0.318 e. The number of nitrogens with zero attached hydrogens (tertiary/aromatic N) is 2. The van der Waals surface area contributed by atoms with Crippen LogP contribution < -0.4 is 5.32 Å². The van der Waals surface area contributed by atoms with Crippen molar-refractivity contribution in [3.8, 4) is 0 Å². The third kappa shape index (κ3) is 4.44. The Morgan fingerprint density at radius 1 is 1.56 bits per heavy atom. The van der Waals surface area contributed by atoms with Gasteiger partial charge in [-0.05, 0) is 13.8 Å². The summed E-state index contributed by atoms with van der Waals surface area (Å²) in [6.07, 6.45) is 1.42. The van der Waals surface area contributed by atoms with Gasteiger partial charge in [-0.25, -0.2) is 4.79 Å². The summed E-state index contributed by atoms with van der Waals surface area (Å²) in [7, 11) is 0. The third-order valence-corrected chi connectivity index (χ3v) is 2.36. The lowest BCUT2D eigenvalue weighted by Crippen LogP contribution is -2.44. The van der Waals surface area contributed by atoms with Crippen LogP contribution in [0.5, 0.6) is 0 Å². The highest BCUT2D eigenvalue weighted by Crippen LogP contribution is 2.02. The highest BCUT2D eigenvalue weighted by Gasteiger charge is 2.17. The number of carboxylic acids is 1. The van der Waals surface area contributed by atoms with Crippen molar-refractivity contribution in [2.24, 2.45) is 0 Å². The van der Waals surface area contributed by atoms with E-state index >= 15 is 0 Å². The Hall–Kier alpha value is -2.05. The molecule has 0 fully saturated rings. The average molecular weight is 255 g/mol. The van der Waals surface area contributed by atoms with Gasteiger partial charge in [-0.2, -0.15) is 0 Å². The highest BCUT2D eigenvalue weighted by atomic mass is 16.5. The molecule has 0 aliphatic heterocycles. The molecule has 7 heteroatoms. The van der Waals surface area contributed by atoms with Gasteiger partial charge >= 0.3 is 12.0 Å². The Morgan fingerprint density at radius 3 is 2.78 bits per heavy atom. The van der Waals surface area contributed by atoms with Gasteiger partial charge in [0.1, 0.15) is 0 Å². The summed E-state index contributed by atoms with van der Waals surface area (Å²) in [4.78, 5) is 23.8. The van der Waals surface area contributed by atoms with Crippen LogP contribution in [0.25, 0.3) is 0 Å². The van der Waals surface area contributed by atoms with Crippen molar-refractivity contribution in [2.75, 3.05) is 6.54 Å². The fourth-order valence-electron chi connectivity index (χ4n) is 1.41. The highest BCUT2D eigenvalue weighted by molar-refractivity contribution is 5.75. The number of urea groups is 1. The van der Waals surface area contributed by atoms with E-state index in [4.69, 9.17) is 9.63 Å². The molecule has 0 saturated carbocycles. The summed E-state index contributed by atoms with van der Waals surface area (Å²) in [6, 6.07) is 1.26. The van der Waals surface area contributed by atoms with Gasteiger partial charge in [0.15, 0.2) is 5.76 Å². The number of hydrogen-bond acceptors (Lipinski definition) is 4. The summed E-state index contributed by atoms with van der Waals surface area (Å²) in [6.45, 7) is 4.07. The van der Waals surface area contributed by atoms with Gasteiger partial charge in [-0.3, -0.25) is 4.79 Å². The molecule has 2 N–H and O–H groups in total. The first kappa shape index (κ1) is 14.0. The zero-order chi connectivity index (χ0) is 13.5. The Morgan fingerprint density at radius 2 is 2.28 bits per heavy atom. The molecule has 7 nitrogen and oxygen atoms in total. The van der Waals surface area contributed by atoms with E-state index in [-0.39, 0.29) is 31.6 Å². The second-order valence-corrected chi connectivity index (χ2v) is 4.07. The fraction of sp³-hybridized carbons (Fsp3) is 0.545. The molecular formula is C11H17N3O4. The molecule has 0 aromatic carbocycles. The Kier molecular flexibility index (Phi) is 5.16. The fourth-order valence-corrected chi connectivity index (χ4v) is 1.41. The molecule has 0 atom stereocenters. The number of aliphatic carboxylic acids is 1. The number of carbonyl (C=O) groups is 2. The Labute approximate surface area is 105 Å². The summed E-state index contributed by atoms with van der Waals surface area (Å²) in [5, 5.41) is 14.8. The van der Waals surface area contributed by atoms with Crippen molar-refractivity contribution in [3.05, 3.63) is 18.0 Å². The number of carbonyl (C=O) groups excluding carboxylic acids is 1. The molecule has 18 heavy (non-hydrogen) atoms. The van der Waals surface area contributed by atoms with Crippen LogP contribution in [-0.2, 0) is 11.3 Å². The number of aromatic nitrogens is 1. The first-order valence-corrected chi connectivity index (χ1v) is 5.66. The number of rotatable bonds is 6. The van der Waals surface area contributed by atoms with Gasteiger partial charge in [-0.15, -0.1) is 0 Å². The topological polar surface area (TPSA) is 95.7 Å². The first-order valence-electron chi connectivity index (χ1n) is 5.66. The summed E-state index contributed by atoms with van der Waals surface area (Å²) in [5.74, 6) is -0.381. The van der Waals surface area contributed by atoms with Crippen molar-refractivity contribution in [1.82, 2.24) is 15.4 Å². The summed E-state index contributed by atoms with van der Waals surface area (Å²) in [5.41, 5.74) is 0. The molecule has 1 heterocycles. The standard InChI is InChI=1S/C11H17N3O4/c1-8(2)14(6-4-10(15)16)11(17)12-7-9-3-5-13-18-9/h3,5,8H,4,6-7H2,1-2H3,(H,12,17)(H,15,16). The average Bonchev–Trinajstić information content (AvgIpc) is 2.78. The van der Waals surface area contributed by atoms with Crippen molar-refractivity contribution in [2.45, 2.75) is 32.9 Å². The molecule has 0 saturated heterocycles. The van der Waals surface area contributed by atoms with E-state index in [0.29, 0.717) is 5.76 Å². The number of amides is 2. The monoisotopic (exact) mass is 255 g/mol. The summed E-state index contributed by atoms with van der Waals surface area (Å²) < 4.78 is 4.84. The molecule has 0 unspecified atom stereocenters. The van der Waals surface area contributed by atoms with E-state index in [1.54, 1.807) is 6.07 Å². The SMILES string of the molecule is CC(C)N(CCC(=O)O)C(=O)NCc1ccno1. The van der Waals surface area contributed by atoms with E-state index in [2.05, 4.69) is 10.5 Å². The van der Waals surface area contributed by atoms with Crippen LogP contribution in [0.2, 0.25) is 0 Å². The predicted molar refractivity (Wildman–Crippen MR) is 62.8 cm³/mol. The molecule has 0 aliphatic carbocycles. The van der Waals surface area contributed by atoms with Gasteiger partial charge in [0.2, 0.25) is 0 Å². The minimum absolute atomic E-state index is 0.0703. The third-order valence-electron chi connectivity index (χ3n) is 2.36. The largest absolute Gasteiger partial charge is 0.481 e. The molecule has 1 rings (SSSR count). The van der Waals surface area contributed by atoms with Gasteiger partial charge in [0.05, 0.1) is 19.2 Å². The van der Waals surface area contributed by atoms with Gasteiger partial charge in [-0.1, -0.05) is 5.16 Å². The molecule has 1 aromatic rings. The Balaban J connectivity index is 2.46. The van der Waals surface area contributed by atoms with Crippen molar-refractivity contribution >= 4 is 12.0 Å². The first-order chi connectivity index (χ1) is 8.50. The molecule has 0 aliphatic rings. The second kappa shape index (κ2) is 6.63. The zero-order valence-electron chi connectivity index (χ0n) is 10.4. The normalized spacial score (nSPS) is 10.4. The predicted octanol–water partition coefficient (Wildman–Crippen LogP) is 1.07. The minimum Gasteiger partial charge on any atom is -0.481 e. The van der Waals surface area contributed by atoms with E-state index in [9.17, 15) is 9.59 Å². The molecule has 0 radical (unpaired) electrons. The van der Waals surface area contributed by atoms with Crippen LogP contribution >= 0.6 is 0 Å². The lowest BCUT2D eigenvalue weighted by molar-refractivity contribution is -0.137. The maximum atomic E-state index is 11.9. The Bertz CT molecular complexity index is 389. The zero-order valence-corrected chi connectivity index (χ0v) is 10.4. The van der Waals surface area contributed by atoms with Gasteiger partial charge in [0.25, 0.3) is 0 Å². The molecule has 100 valence electrons. The van der Waals surface area contributed by atoms with E-state index in [0.717, 1.165) is 0 Å². The molecule has 1 aromatic heterocycles. The molecular weight excluding hydrogens is 238 g/mol. The lowest BCUT2D eigenvalue weighted by Gasteiger charge is -2.26. The van der Waals surface area contributed by atoms with Crippen LogP contribution in [-0.4, -0.2) is 39.8 Å². The van der Waals surface area contributed by atoms with Crippen molar-refractivity contribution < 1.29 is 19.2 Å². The van der Waals surface area contributed by atoms with Crippen LogP contribution in [0.4, 0.5) is 4.79 Å². The van der Waals surface area contributed by atoms with Gasteiger partial charge in [0, 0.05) is 18.7 Å². The van der Waals surface area contributed by atoms with Gasteiger partial charge < -0.3 is 19.8 Å². The molecule has 0 bridgehead atoms. The van der Waals surface area contributed by atoms with E-state index in [1.807, 2.05) is 13.8 Å².